The summed E-state index contributed by atoms with van der Waals surface area (Å²) in [5, 5.41) is 14.0. The van der Waals surface area contributed by atoms with Gasteiger partial charge in [-0.1, -0.05) is 0 Å². The summed E-state index contributed by atoms with van der Waals surface area (Å²) >= 11 is 0. The Hall–Kier alpha value is -3.75. The van der Waals surface area contributed by atoms with E-state index in [-0.39, 0.29) is 11.5 Å². The number of carbonyl (C=O) groups excluding carboxylic acids is 1. The van der Waals surface area contributed by atoms with E-state index < -0.39 is 46.5 Å². The molecule has 33 heavy (non-hydrogen) atoms. The van der Waals surface area contributed by atoms with E-state index in [1.165, 1.54) is 50.7 Å². The van der Waals surface area contributed by atoms with Gasteiger partial charge in [0.1, 0.15) is 5.75 Å². The predicted octanol–water partition coefficient (Wildman–Crippen LogP) is 2.46. The van der Waals surface area contributed by atoms with Gasteiger partial charge in [0.25, 0.3) is 11.6 Å². The summed E-state index contributed by atoms with van der Waals surface area (Å²) in [7, 11) is -6.26. The van der Waals surface area contributed by atoms with Crippen LogP contribution in [0.3, 0.4) is 0 Å². The molecule has 0 atom stereocenters. The molecule has 14 heteroatoms. The molecule has 0 aliphatic heterocycles. The van der Waals surface area contributed by atoms with Gasteiger partial charge in [-0.25, -0.2) is 12.7 Å². The molecular formula is C19H17N3O9S2. The molecule has 0 unspecified atom stereocenters. The number of anilines is 1. The van der Waals surface area contributed by atoms with Crippen LogP contribution >= 0.6 is 0 Å². The van der Waals surface area contributed by atoms with E-state index in [1.54, 1.807) is 6.07 Å². The molecule has 2 aromatic carbocycles. The third kappa shape index (κ3) is 5.19. The fourth-order valence-electron chi connectivity index (χ4n) is 2.59. The van der Waals surface area contributed by atoms with E-state index in [0.717, 1.165) is 16.4 Å². The van der Waals surface area contributed by atoms with Gasteiger partial charge in [-0.15, -0.1) is 0 Å². The van der Waals surface area contributed by atoms with Gasteiger partial charge in [-0.2, -0.15) is 8.42 Å². The first kappa shape index (κ1) is 23.9. The average molecular weight is 495 g/mol. The summed E-state index contributed by atoms with van der Waals surface area (Å²) < 4.78 is 60.6. The summed E-state index contributed by atoms with van der Waals surface area (Å²) in [5.41, 5.74) is -0.648. The monoisotopic (exact) mass is 495 g/mol. The number of sulfonamides is 1. The quantitative estimate of drug-likeness (QED) is 0.280. The molecular weight excluding hydrogens is 478 g/mol. The lowest BCUT2D eigenvalue weighted by Crippen LogP contribution is -2.22. The number of furan rings is 1. The van der Waals surface area contributed by atoms with Crippen LogP contribution in [0.2, 0.25) is 0 Å². The van der Waals surface area contributed by atoms with E-state index >= 15 is 0 Å². The molecule has 0 saturated heterocycles. The molecule has 1 aromatic heterocycles. The first-order chi connectivity index (χ1) is 15.4. The molecule has 1 amide bonds. The Morgan fingerprint density at radius 3 is 2.27 bits per heavy atom. The number of nitrogens with zero attached hydrogens (tertiary/aromatic N) is 2. The third-order valence-electron chi connectivity index (χ3n) is 4.24. The van der Waals surface area contributed by atoms with Crippen molar-refractivity contribution in [2.75, 3.05) is 19.4 Å². The topological polar surface area (TPSA) is 166 Å². The number of rotatable bonds is 8. The zero-order chi connectivity index (χ0) is 24.4. The van der Waals surface area contributed by atoms with E-state index in [0.29, 0.717) is 11.8 Å². The van der Waals surface area contributed by atoms with Crippen LogP contribution in [0.4, 0.5) is 11.4 Å². The zero-order valence-electron chi connectivity index (χ0n) is 17.2. The van der Waals surface area contributed by atoms with Crippen molar-refractivity contribution in [2.45, 2.75) is 9.79 Å². The maximum Gasteiger partial charge on any atom is 0.346 e. The van der Waals surface area contributed by atoms with Gasteiger partial charge in [0, 0.05) is 25.8 Å². The summed E-state index contributed by atoms with van der Waals surface area (Å²) in [4.78, 5) is 21.1. The van der Waals surface area contributed by atoms with Gasteiger partial charge in [-0.3, -0.25) is 14.9 Å². The molecule has 0 aliphatic rings. The second kappa shape index (κ2) is 9.01. The first-order valence-corrected chi connectivity index (χ1v) is 11.9. The van der Waals surface area contributed by atoms with Crippen LogP contribution in [-0.4, -0.2) is 46.1 Å². The molecule has 3 aromatic rings. The largest absolute Gasteiger partial charge is 0.459 e. The smallest absolute Gasteiger partial charge is 0.346 e. The number of hydrogen-bond donors (Lipinski definition) is 1. The number of carbonyl (C=O) groups is 1. The van der Waals surface area contributed by atoms with Gasteiger partial charge in [-0.05, 0) is 48.5 Å². The minimum Gasteiger partial charge on any atom is -0.459 e. The number of nitro benzene ring substituents is 1. The fraction of sp³-hybridized carbons (Fsp3) is 0.105. The van der Waals surface area contributed by atoms with Gasteiger partial charge < -0.3 is 13.9 Å². The van der Waals surface area contributed by atoms with Crippen LogP contribution in [0.15, 0.2) is 75.1 Å². The average Bonchev–Trinajstić information content (AvgIpc) is 3.29. The van der Waals surface area contributed by atoms with E-state index in [2.05, 4.69) is 5.32 Å². The van der Waals surface area contributed by atoms with Crippen LogP contribution in [0.1, 0.15) is 10.6 Å². The Kier molecular flexibility index (Phi) is 6.53. The normalized spacial score (nSPS) is 11.8. The Morgan fingerprint density at radius 2 is 1.73 bits per heavy atom. The number of nitro groups is 1. The Balaban J connectivity index is 1.85. The summed E-state index contributed by atoms with van der Waals surface area (Å²) in [6, 6.07) is 10.5. The Morgan fingerprint density at radius 1 is 1.06 bits per heavy atom. The highest BCUT2D eigenvalue weighted by Crippen LogP contribution is 2.30. The first-order valence-electron chi connectivity index (χ1n) is 9.02. The zero-order valence-corrected chi connectivity index (χ0v) is 18.8. The van der Waals surface area contributed by atoms with Crippen LogP contribution in [0.25, 0.3) is 0 Å². The number of benzene rings is 2. The molecule has 0 radical (unpaired) electrons. The number of amides is 1. The Bertz CT molecular complexity index is 1400. The highest BCUT2D eigenvalue weighted by Gasteiger charge is 2.31. The van der Waals surface area contributed by atoms with Crippen molar-refractivity contribution in [3.05, 3.63) is 76.7 Å². The van der Waals surface area contributed by atoms with Crippen molar-refractivity contribution in [1.82, 2.24) is 4.31 Å². The Labute approximate surface area is 188 Å². The molecule has 1 heterocycles. The molecule has 0 bridgehead atoms. The lowest BCUT2D eigenvalue weighted by atomic mass is 10.3. The minimum atomic E-state index is -4.70. The summed E-state index contributed by atoms with van der Waals surface area (Å²) in [6.45, 7) is 0. The molecule has 12 nitrogen and oxygen atoms in total. The van der Waals surface area contributed by atoms with Crippen LogP contribution in [0.5, 0.6) is 5.75 Å². The molecule has 0 saturated carbocycles. The van der Waals surface area contributed by atoms with E-state index in [1.807, 2.05) is 0 Å². The van der Waals surface area contributed by atoms with Crippen molar-refractivity contribution < 1.29 is 35.2 Å². The summed E-state index contributed by atoms with van der Waals surface area (Å²) in [5.74, 6) is -0.639. The van der Waals surface area contributed by atoms with Crippen molar-refractivity contribution in [2.24, 2.45) is 0 Å². The highest BCUT2D eigenvalue weighted by molar-refractivity contribution is 7.89. The standard InChI is InChI=1S/C19H17N3O9S2/c1-21(2)32(26,27)15-9-10-18(16(12-15)22(24)25)33(28,29)31-14-7-5-13(6-8-14)20-19(23)17-4-3-11-30-17/h3-12H,1-2H3,(H,20,23). The fourth-order valence-corrected chi connectivity index (χ4v) is 4.59. The minimum absolute atomic E-state index is 0.0740. The predicted molar refractivity (Wildman–Crippen MR) is 115 cm³/mol. The third-order valence-corrected chi connectivity index (χ3v) is 7.34. The van der Waals surface area contributed by atoms with Crippen molar-refractivity contribution in [3.8, 4) is 5.75 Å². The van der Waals surface area contributed by atoms with Crippen LogP contribution < -0.4 is 9.50 Å². The lowest BCUT2D eigenvalue weighted by molar-refractivity contribution is -0.388. The van der Waals surface area contributed by atoms with Gasteiger partial charge >= 0.3 is 10.1 Å². The summed E-state index contributed by atoms with van der Waals surface area (Å²) in [6.07, 6.45) is 1.33. The van der Waals surface area contributed by atoms with Crippen molar-refractivity contribution >= 4 is 37.4 Å². The van der Waals surface area contributed by atoms with Gasteiger partial charge in [0.05, 0.1) is 16.1 Å². The van der Waals surface area contributed by atoms with Crippen molar-refractivity contribution in [3.63, 3.8) is 0 Å². The second-order valence-electron chi connectivity index (χ2n) is 6.67. The molecule has 0 fully saturated rings. The lowest BCUT2D eigenvalue weighted by Gasteiger charge is -2.12. The SMILES string of the molecule is CN(C)S(=O)(=O)c1ccc(S(=O)(=O)Oc2ccc(NC(=O)c3ccco3)cc2)c([N+](=O)[O-])c1. The van der Waals surface area contributed by atoms with Gasteiger partial charge in [0.15, 0.2) is 10.7 Å². The van der Waals surface area contributed by atoms with Crippen LogP contribution in [-0.2, 0) is 20.1 Å². The van der Waals surface area contributed by atoms with Crippen molar-refractivity contribution in [1.29, 1.82) is 0 Å². The molecule has 0 aliphatic carbocycles. The molecule has 0 spiro atoms. The van der Waals surface area contributed by atoms with E-state index in [9.17, 15) is 31.7 Å². The number of hydrogen-bond acceptors (Lipinski definition) is 9. The highest BCUT2D eigenvalue weighted by atomic mass is 32.2. The molecule has 174 valence electrons. The van der Waals surface area contributed by atoms with E-state index in [4.69, 9.17) is 8.60 Å². The van der Waals surface area contributed by atoms with Crippen LogP contribution in [0, 0.1) is 10.1 Å². The van der Waals surface area contributed by atoms with Gasteiger partial charge in [0.2, 0.25) is 10.0 Å². The second-order valence-corrected chi connectivity index (χ2v) is 10.3. The molecule has 1 N–H and O–H groups in total. The maximum absolute atomic E-state index is 12.7. The molecule has 3 rings (SSSR count). The number of nitrogens with one attached hydrogen (secondary N) is 1. The maximum atomic E-state index is 12.7.